The summed E-state index contributed by atoms with van der Waals surface area (Å²) in [6, 6.07) is 3.59. The minimum absolute atomic E-state index is 0.310. The molecule has 0 unspecified atom stereocenters. The fourth-order valence-corrected chi connectivity index (χ4v) is 2.30. The van der Waals surface area contributed by atoms with Crippen molar-refractivity contribution in [3.8, 4) is 0 Å². The Kier molecular flexibility index (Phi) is 5.09. The maximum Gasteiger partial charge on any atom is 0.339 e. The summed E-state index contributed by atoms with van der Waals surface area (Å²) in [6.07, 6.45) is 3.74. The Labute approximate surface area is 119 Å². The number of methoxy groups -OCH3 is 1. The SMILES string of the molecule is COC(=O)c1ccc(CNCC2(C)CCOCC2)nc1. The van der Waals surface area contributed by atoms with Gasteiger partial charge in [-0.05, 0) is 30.4 Å². The van der Waals surface area contributed by atoms with Gasteiger partial charge in [-0.3, -0.25) is 4.98 Å². The summed E-state index contributed by atoms with van der Waals surface area (Å²) in [6.45, 7) is 5.65. The van der Waals surface area contributed by atoms with Crippen LogP contribution >= 0.6 is 0 Å². The van der Waals surface area contributed by atoms with Gasteiger partial charge >= 0.3 is 5.97 Å². The Balaban J connectivity index is 1.80. The molecule has 20 heavy (non-hydrogen) atoms. The molecule has 1 fully saturated rings. The van der Waals surface area contributed by atoms with Gasteiger partial charge in [0.1, 0.15) is 0 Å². The van der Waals surface area contributed by atoms with Crippen molar-refractivity contribution in [2.24, 2.45) is 5.41 Å². The Hall–Kier alpha value is -1.46. The van der Waals surface area contributed by atoms with Crippen LogP contribution in [0.15, 0.2) is 18.3 Å². The molecular weight excluding hydrogens is 256 g/mol. The minimum atomic E-state index is -0.355. The van der Waals surface area contributed by atoms with E-state index in [1.807, 2.05) is 6.07 Å². The van der Waals surface area contributed by atoms with Gasteiger partial charge in [-0.1, -0.05) is 6.92 Å². The number of carbonyl (C=O) groups excluding carboxylic acids is 1. The van der Waals surface area contributed by atoms with E-state index in [1.54, 1.807) is 12.3 Å². The van der Waals surface area contributed by atoms with E-state index in [2.05, 4.69) is 22.0 Å². The fourth-order valence-electron chi connectivity index (χ4n) is 2.30. The van der Waals surface area contributed by atoms with Crippen LogP contribution in [0.1, 0.15) is 35.8 Å². The Morgan fingerprint density at radius 3 is 2.80 bits per heavy atom. The van der Waals surface area contributed by atoms with Crippen molar-refractivity contribution in [1.29, 1.82) is 0 Å². The molecule has 1 aliphatic rings. The highest BCUT2D eigenvalue weighted by Gasteiger charge is 2.26. The molecule has 0 aromatic carbocycles. The lowest BCUT2D eigenvalue weighted by atomic mass is 9.82. The van der Waals surface area contributed by atoms with Gasteiger partial charge in [-0.2, -0.15) is 0 Å². The van der Waals surface area contributed by atoms with Crippen molar-refractivity contribution in [2.45, 2.75) is 26.3 Å². The molecule has 0 spiro atoms. The standard InChI is InChI=1S/C15H22N2O3/c1-15(5-7-20-8-6-15)11-16-10-13-4-3-12(9-17-13)14(18)19-2/h3-4,9,16H,5-8,10-11H2,1-2H3. The topological polar surface area (TPSA) is 60.5 Å². The van der Waals surface area contributed by atoms with Crippen LogP contribution in [0.3, 0.4) is 0 Å². The lowest BCUT2D eigenvalue weighted by Crippen LogP contribution is -2.36. The van der Waals surface area contributed by atoms with Crippen molar-refractivity contribution in [2.75, 3.05) is 26.9 Å². The van der Waals surface area contributed by atoms with E-state index in [0.717, 1.165) is 38.3 Å². The quantitative estimate of drug-likeness (QED) is 0.832. The van der Waals surface area contributed by atoms with Crippen LogP contribution < -0.4 is 5.32 Å². The van der Waals surface area contributed by atoms with E-state index >= 15 is 0 Å². The van der Waals surface area contributed by atoms with Gasteiger partial charge in [0, 0.05) is 32.5 Å². The molecule has 1 aromatic rings. The Morgan fingerprint density at radius 1 is 1.45 bits per heavy atom. The molecule has 2 heterocycles. The number of hydrogen-bond donors (Lipinski definition) is 1. The van der Waals surface area contributed by atoms with Gasteiger partial charge in [0.25, 0.3) is 0 Å². The lowest BCUT2D eigenvalue weighted by Gasteiger charge is -2.33. The van der Waals surface area contributed by atoms with Crippen LogP contribution in [0.25, 0.3) is 0 Å². The van der Waals surface area contributed by atoms with Crippen LogP contribution in [-0.2, 0) is 16.0 Å². The first-order chi connectivity index (χ1) is 9.63. The van der Waals surface area contributed by atoms with Crippen molar-refractivity contribution < 1.29 is 14.3 Å². The monoisotopic (exact) mass is 278 g/mol. The average Bonchev–Trinajstić information content (AvgIpc) is 2.48. The average molecular weight is 278 g/mol. The molecular formula is C15H22N2O3. The third kappa shape index (κ3) is 4.02. The fraction of sp³-hybridized carbons (Fsp3) is 0.600. The largest absolute Gasteiger partial charge is 0.465 e. The number of carbonyl (C=O) groups is 1. The first kappa shape index (κ1) is 14.9. The van der Waals surface area contributed by atoms with Gasteiger partial charge in [-0.25, -0.2) is 4.79 Å². The van der Waals surface area contributed by atoms with Crippen LogP contribution in [0.5, 0.6) is 0 Å². The number of rotatable bonds is 5. The van der Waals surface area contributed by atoms with E-state index in [-0.39, 0.29) is 5.97 Å². The Bertz CT molecular complexity index is 439. The predicted octanol–water partition coefficient (Wildman–Crippen LogP) is 1.77. The molecule has 0 bridgehead atoms. The summed E-state index contributed by atoms with van der Waals surface area (Å²) in [7, 11) is 1.37. The third-order valence-corrected chi connectivity index (χ3v) is 3.80. The van der Waals surface area contributed by atoms with E-state index in [1.165, 1.54) is 7.11 Å². The maximum atomic E-state index is 11.3. The van der Waals surface area contributed by atoms with Crippen LogP contribution in [0, 0.1) is 5.41 Å². The number of esters is 1. The van der Waals surface area contributed by atoms with Gasteiger partial charge in [0.05, 0.1) is 18.4 Å². The first-order valence-electron chi connectivity index (χ1n) is 6.95. The van der Waals surface area contributed by atoms with Gasteiger partial charge in [0.2, 0.25) is 0 Å². The first-order valence-corrected chi connectivity index (χ1v) is 6.95. The summed E-state index contributed by atoms with van der Waals surface area (Å²) in [5.74, 6) is -0.355. The number of hydrogen-bond acceptors (Lipinski definition) is 5. The second-order valence-corrected chi connectivity index (χ2v) is 5.56. The zero-order valence-electron chi connectivity index (χ0n) is 12.1. The van der Waals surface area contributed by atoms with Crippen LogP contribution in [-0.4, -0.2) is 37.8 Å². The summed E-state index contributed by atoms with van der Waals surface area (Å²) in [4.78, 5) is 15.6. The summed E-state index contributed by atoms with van der Waals surface area (Å²) in [5, 5.41) is 3.44. The highest BCUT2D eigenvalue weighted by Crippen LogP contribution is 2.28. The van der Waals surface area contributed by atoms with Gasteiger partial charge < -0.3 is 14.8 Å². The summed E-state index contributed by atoms with van der Waals surface area (Å²) >= 11 is 0. The molecule has 1 aromatic heterocycles. The molecule has 0 saturated carbocycles. The van der Waals surface area contributed by atoms with E-state index in [4.69, 9.17) is 4.74 Å². The molecule has 1 aliphatic heterocycles. The van der Waals surface area contributed by atoms with E-state index < -0.39 is 0 Å². The van der Waals surface area contributed by atoms with Gasteiger partial charge in [-0.15, -0.1) is 0 Å². The molecule has 5 heteroatoms. The molecule has 5 nitrogen and oxygen atoms in total. The van der Waals surface area contributed by atoms with Gasteiger partial charge in [0.15, 0.2) is 0 Å². The number of nitrogens with zero attached hydrogens (tertiary/aromatic N) is 1. The van der Waals surface area contributed by atoms with Crippen molar-refractivity contribution in [3.05, 3.63) is 29.6 Å². The zero-order chi connectivity index (χ0) is 14.4. The second kappa shape index (κ2) is 6.81. The molecule has 0 radical (unpaired) electrons. The summed E-state index contributed by atoms with van der Waals surface area (Å²) < 4.78 is 10.0. The number of aromatic nitrogens is 1. The molecule has 1 N–H and O–H groups in total. The van der Waals surface area contributed by atoms with Crippen molar-refractivity contribution in [1.82, 2.24) is 10.3 Å². The highest BCUT2D eigenvalue weighted by atomic mass is 16.5. The number of nitrogens with one attached hydrogen (secondary N) is 1. The third-order valence-electron chi connectivity index (χ3n) is 3.80. The maximum absolute atomic E-state index is 11.3. The smallest absolute Gasteiger partial charge is 0.339 e. The zero-order valence-corrected chi connectivity index (χ0v) is 12.1. The highest BCUT2D eigenvalue weighted by molar-refractivity contribution is 5.88. The molecule has 1 saturated heterocycles. The number of pyridine rings is 1. The molecule has 0 amide bonds. The normalized spacial score (nSPS) is 17.7. The second-order valence-electron chi connectivity index (χ2n) is 5.56. The molecule has 0 atom stereocenters. The lowest BCUT2D eigenvalue weighted by molar-refractivity contribution is 0.0239. The molecule has 2 rings (SSSR count). The predicted molar refractivity (Wildman–Crippen MR) is 75.4 cm³/mol. The van der Waals surface area contributed by atoms with Crippen molar-refractivity contribution >= 4 is 5.97 Å². The minimum Gasteiger partial charge on any atom is -0.465 e. The molecule has 0 aliphatic carbocycles. The Morgan fingerprint density at radius 2 is 2.20 bits per heavy atom. The molecule has 110 valence electrons. The van der Waals surface area contributed by atoms with Crippen LogP contribution in [0.4, 0.5) is 0 Å². The summed E-state index contributed by atoms with van der Waals surface area (Å²) in [5.41, 5.74) is 1.71. The van der Waals surface area contributed by atoms with E-state index in [9.17, 15) is 4.79 Å². The van der Waals surface area contributed by atoms with E-state index in [0.29, 0.717) is 17.5 Å². The van der Waals surface area contributed by atoms with Crippen molar-refractivity contribution in [3.63, 3.8) is 0 Å². The van der Waals surface area contributed by atoms with Crippen LogP contribution in [0.2, 0.25) is 0 Å². The number of ether oxygens (including phenoxy) is 2.